The van der Waals surface area contributed by atoms with Crippen LogP contribution in [-0.4, -0.2) is 243 Å². The number of nitrogens with zero attached hydrogens (tertiary/aromatic N) is 1. The summed E-state index contributed by atoms with van der Waals surface area (Å²) < 4.78 is 46.0. The fraction of sp³-hybridized carbons (Fsp3) is 0.745. The number of nitrogens with one attached hydrogen (secondary N) is 7. The van der Waals surface area contributed by atoms with Crippen LogP contribution in [0.3, 0.4) is 0 Å². The van der Waals surface area contributed by atoms with Gasteiger partial charge in [-0.05, 0) is 53.9 Å². The van der Waals surface area contributed by atoms with E-state index < -0.39 is 158 Å². The van der Waals surface area contributed by atoms with Crippen LogP contribution in [0.2, 0.25) is 0 Å². The first kappa shape index (κ1) is 77.3. The largest absolute Gasteiger partial charge is 0.439 e. The molecule has 0 spiro atoms. The summed E-state index contributed by atoms with van der Waals surface area (Å²) in [5.74, 6) is -10.1. The molecule has 10 amide bonds. The molecule has 1 rings (SSSR count). The van der Waals surface area contributed by atoms with Crippen molar-refractivity contribution < 1.29 is 110 Å². The predicted molar refractivity (Wildman–Crippen MR) is 300 cm³/mol. The minimum atomic E-state index is -1.81. The van der Waals surface area contributed by atoms with Crippen molar-refractivity contribution in [2.75, 3.05) is 114 Å². The van der Waals surface area contributed by atoms with Gasteiger partial charge in [0.05, 0.1) is 103 Å². The lowest BCUT2D eigenvalue weighted by molar-refractivity contribution is -0.138. The molecule has 1 fully saturated rings. The number of likely N-dealkylation sites (tertiary alicyclic amines) is 1. The standard InChI is InChI=1S/C55H90N8O23/c1-35(41(64)18-22-82-30-26-78-6)56-45(68)13-11-40(52(75)58-37(3)43(66)20-24-84-32-28-80-8)61-53(76)39(60-48(71)34-86-54(77)63-49(72)16-17-50(63)73)10-14-46(69)59-38(51(74)57-36(2)42(65)19-23-83-31-27-79-7)12-15-47(70)62-55(4,5)44(67)21-25-85-33-29-81-9/h35-40H,10-34H2,1-9H3,(H,56,68)(H,57,74)(H,58,75)(H,59,69)(H,60,71)(H,61,76)(H,62,70). The van der Waals surface area contributed by atoms with Gasteiger partial charge in [-0.15, -0.1) is 0 Å². The highest BCUT2D eigenvalue weighted by Crippen LogP contribution is 2.14. The number of ether oxygens (including phenoxy) is 9. The van der Waals surface area contributed by atoms with E-state index in [2.05, 4.69) is 37.2 Å². The van der Waals surface area contributed by atoms with Gasteiger partial charge in [-0.2, -0.15) is 4.90 Å². The summed E-state index contributed by atoms with van der Waals surface area (Å²) in [6.45, 7) is 8.03. The zero-order valence-corrected chi connectivity index (χ0v) is 51.0. The third-order valence-electron chi connectivity index (χ3n) is 12.8. The molecule has 1 aliphatic heterocycles. The average molecular weight is 1230 g/mol. The lowest BCUT2D eigenvalue weighted by Crippen LogP contribution is -2.56. The van der Waals surface area contributed by atoms with Gasteiger partial charge in [0, 0.05) is 86.2 Å². The van der Waals surface area contributed by atoms with Crippen molar-refractivity contribution in [3.05, 3.63) is 0 Å². The molecule has 488 valence electrons. The highest BCUT2D eigenvalue weighted by atomic mass is 16.6. The smallest absolute Gasteiger partial charge is 0.424 e. The number of amides is 10. The zero-order chi connectivity index (χ0) is 64.6. The molecular formula is C55H90N8O23. The normalized spacial score (nSPS) is 14.4. The van der Waals surface area contributed by atoms with Crippen LogP contribution in [0.1, 0.15) is 112 Å². The Labute approximate surface area is 500 Å². The first-order valence-electron chi connectivity index (χ1n) is 28.3. The Hall–Kier alpha value is -6.74. The van der Waals surface area contributed by atoms with Crippen LogP contribution in [0.15, 0.2) is 0 Å². The molecule has 0 aromatic rings. The number of imide groups is 3. The van der Waals surface area contributed by atoms with Crippen molar-refractivity contribution in [2.45, 2.75) is 153 Å². The summed E-state index contributed by atoms with van der Waals surface area (Å²) in [4.78, 5) is 185. The SMILES string of the molecule is COCCOCCC(=O)C(C)NC(=O)CCC(NC(=O)C(CCC(=O)NC(CCC(=O)NC(C)(C)C(=O)CCOCCOC)C(=O)NC(C)C(=O)CCOCCOC)NC(=O)COC(=O)N1C(=O)CCC1=O)C(=O)NC(C)C(=O)CCOCCOC. The Kier molecular flexibility index (Phi) is 39.4. The Morgan fingerprint density at radius 2 is 0.756 bits per heavy atom. The molecule has 0 radical (unpaired) electrons. The number of Topliss-reactive ketones (excluding diaryl/α,β-unsaturated/α-hetero) is 4. The highest BCUT2D eigenvalue weighted by molar-refractivity contribution is 6.13. The number of carbonyl (C=O) groups is 14. The summed E-state index contributed by atoms with van der Waals surface area (Å²) in [6.07, 6.45) is -5.57. The summed E-state index contributed by atoms with van der Waals surface area (Å²) in [6, 6.07) is -8.31. The van der Waals surface area contributed by atoms with Crippen LogP contribution in [0.4, 0.5) is 4.79 Å². The predicted octanol–water partition coefficient (Wildman–Crippen LogP) is -2.04. The summed E-state index contributed by atoms with van der Waals surface area (Å²) in [5, 5.41) is 17.3. The fourth-order valence-electron chi connectivity index (χ4n) is 7.67. The second-order valence-electron chi connectivity index (χ2n) is 20.3. The maximum atomic E-state index is 14.4. The van der Waals surface area contributed by atoms with Gasteiger partial charge in [0.1, 0.15) is 18.1 Å². The fourth-order valence-corrected chi connectivity index (χ4v) is 7.67. The Bertz CT molecular complexity index is 2230. The van der Waals surface area contributed by atoms with Crippen molar-refractivity contribution in [1.29, 1.82) is 0 Å². The van der Waals surface area contributed by atoms with Gasteiger partial charge >= 0.3 is 6.09 Å². The molecule has 31 heteroatoms. The molecule has 0 aromatic carbocycles. The van der Waals surface area contributed by atoms with E-state index >= 15 is 0 Å². The van der Waals surface area contributed by atoms with E-state index in [1.165, 1.54) is 63.1 Å². The van der Waals surface area contributed by atoms with E-state index in [1.54, 1.807) is 0 Å². The van der Waals surface area contributed by atoms with E-state index in [9.17, 15) is 67.1 Å². The zero-order valence-electron chi connectivity index (χ0n) is 51.0. The number of ketones is 4. The highest BCUT2D eigenvalue weighted by Gasteiger charge is 2.37. The molecule has 0 bridgehead atoms. The van der Waals surface area contributed by atoms with Crippen LogP contribution >= 0.6 is 0 Å². The molecule has 1 saturated heterocycles. The third kappa shape index (κ3) is 32.7. The minimum absolute atomic E-state index is 0.00196. The van der Waals surface area contributed by atoms with Crippen LogP contribution in [0.25, 0.3) is 0 Å². The summed E-state index contributed by atoms with van der Waals surface area (Å²) in [7, 11) is 5.91. The van der Waals surface area contributed by atoms with Gasteiger partial charge in [-0.25, -0.2) is 4.79 Å². The van der Waals surface area contributed by atoms with E-state index in [-0.39, 0.29) is 121 Å². The minimum Gasteiger partial charge on any atom is -0.439 e. The van der Waals surface area contributed by atoms with Gasteiger partial charge in [-0.3, -0.25) is 62.3 Å². The maximum Gasteiger partial charge on any atom is 0.424 e. The van der Waals surface area contributed by atoms with E-state index in [0.29, 0.717) is 13.2 Å². The van der Waals surface area contributed by atoms with Gasteiger partial charge in [0.15, 0.2) is 29.7 Å². The molecule has 1 aliphatic rings. The Morgan fingerprint density at radius 1 is 0.419 bits per heavy atom. The number of carbonyl (C=O) groups excluding carboxylic acids is 14. The molecule has 0 saturated carbocycles. The maximum absolute atomic E-state index is 14.4. The topological polar surface area (TPSA) is 409 Å². The molecule has 7 N–H and O–H groups in total. The van der Waals surface area contributed by atoms with E-state index in [0.717, 1.165) is 0 Å². The van der Waals surface area contributed by atoms with Gasteiger partial charge in [0.2, 0.25) is 47.3 Å². The van der Waals surface area contributed by atoms with Crippen molar-refractivity contribution >= 4 is 82.4 Å². The number of methoxy groups -OCH3 is 4. The summed E-state index contributed by atoms with van der Waals surface area (Å²) >= 11 is 0. The molecule has 31 nitrogen and oxygen atoms in total. The van der Waals surface area contributed by atoms with Crippen molar-refractivity contribution in [3.63, 3.8) is 0 Å². The second-order valence-corrected chi connectivity index (χ2v) is 20.3. The molecule has 1 heterocycles. The van der Waals surface area contributed by atoms with Crippen LogP contribution < -0.4 is 37.2 Å². The molecular weight excluding hydrogens is 1140 g/mol. The van der Waals surface area contributed by atoms with Crippen LogP contribution in [-0.2, 0) is 105 Å². The molecule has 6 unspecified atom stereocenters. The molecule has 6 atom stereocenters. The Balaban J connectivity index is 3.56. The van der Waals surface area contributed by atoms with Gasteiger partial charge in [0.25, 0.3) is 5.91 Å². The number of hydrogen-bond donors (Lipinski definition) is 7. The van der Waals surface area contributed by atoms with E-state index in [1.807, 2.05) is 0 Å². The van der Waals surface area contributed by atoms with Crippen molar-refractivity contribution in [1.82, 2.24) is 42.1 Å². The van der Waals surface area contributed by atoms with E-state index in [4.69, 9.17) is 42.6 Å². The lowest BCUT2D eigenvalue weighted by Gasteiger charge is -2.26. The lowest BCUT2D eigenvalue weighted by atomic mass is 9.96. The van der Waals surface area contributed by atoms with Gasteiger partial charge < -0.3 is 79.8 Å². The first-order chi connectivity index (χ1) is 40.8. The molecule has 0 aliphatic carbocycles. The van der Waals surface area contributed by atoms with Crippen LogP contribution in [0, 0.1) is 0 Å². The van der Waals surface area contributed by atoms with Crippen molar-refractivity contribution in [3.8, 4) is 0 Å². The van der Waals surface area contributed by atoms with Crippen molar-refractivity contribution in [2.24, 2.45) is 0 Å². The number of rotatable bonds is 49. The molecule has 86 heavy (non-hydrogen) atoms. The quantitative estimate of drug-likeness (QED) is 0.0255. The second kappa shape index (κ2) is 43.8. The van der Waals surface area contributed by atoms with Crippen LogP contribution in [0.5, 0.6) is 0 Å². The average Bonchev–Trinajstić information content (AvgIpc) is 3.49. The Morgan fingerprint density at radius 3 is 1.16 bits per heavy atom. The summed E-state index contributed by atoms with van der Waals surface area (Å²) in [5.41, 5.74) is -1.39. The molecule has 0 aromatic heterocycles. The third-order valence-corrected chi connectivity index (χ3v) is 12.8. The van der Waals surface area contributed by atoms with Gasteiger partial charge in [-0.1, -0.05) is 0 Å². The first-order valence-corrected chi connectivity index (χ1v) is 28.3. The number of hydrogen-bond acceptors (Lipinski definition) is 23. The monoisotopic (exact) mass is 1230 g/mol.